The number of ether oxygens (including phenoxy) is 1. The Labute approximate surface area is 150 Å². The molecule has 0 N–H and O–H groups in total. The largest absolute Gasteiger partial charge is 0.494 e. The average Bonchev–Trinajstić information content (AvgIpc) is 2.63. The maximum Gasteiger partial charge on any atom is 0.136 e. The lowest BCUT2D eigenvalue weighted by Crippen LogP contribution is -2.13. The van der Waals surface area contributed by atoms with Crippen LogP contribution in [0.1, 0.15) is 63.9 Å². The lowest BCUT2D eigenvalue weighted by molar-refractivity contribution is 0.308. The molecule has 0 unspecified atom stereocenters. The van der Waals surface area contributed by atoms with Crippen molar-refractivity contribution in [2.24, 2.45) is 5.92 Å². The molecule has 2 aromatic rings. The van der Waals surface area contributed by atoms with Gasteiger partial charge in [0.05, 0.1) is 12.3 Å². The van der Waals surface area contributed by atoms with Crippen LogP contribution < -0.4 is 4.74 Å². The minimum absolute atomic E-state index is 0.286. The zero-order chi connectivity index (χ0) is 17.6. The van der Waals surface area contributed by atoms with Crippen LogP contribution in [0.5, 0.6) is 5.75 Å². The predicted molar refractivity (Wildman–Crippen MR) is 100 cm³/mol. The molecule has 0 amide bonds. The Kier molecular flexibility index (Phi) is 6.06. The van der Waals surface area contributed by atoms with E-state index in [2.05, 4.69) is 18.0 Å². The Balaban J connectivity index is 1.68. The van der Waals surface area contributed by atoms with E-state index < -0.39 is 0 Å². The maximum absolute atomic E-state index is 14.3. The van der Waals surface area contributed by atoms with Crippen molar-refractivity contribution >= 4 is 0 Å². The van der Waals surface area contributed by atoms with E-state index >= 15 is 0 Å². The van der Waals surface area contributed by atoms with Gasteiger partial charge in [-0.25, -0.2) is 4.39 Å². The molecule has 0 atom stereocenters. The van der Waals surface area contributed by atoms with Crippen LogP contribution in [0.15, 0.2) is 36.5 Å². The van der Waals surface area contributed by atoms with Crippen LogP contribution in [0.2, 0.25) is 0 Å². The van der Waals surface area contributed by atoms with Crippen molar-refractivity contribution in [1.29, 1.82) is 0 Å². The molecular weight excluding hydrogens is 313 g/mol. The quantitative estimate of drug-likeness (QED) is 0.610. The second kappa shape index (κ2) is 8.46. The third-order valence-electron chi connectivity index (χ3n) is 5.33. The second-order valence-electron chi connectivity index (χ2n) is 7.06. The summed E-state index contributed by atoms with van der Waals surface area (Å²) in [6.45, 7) is 4.70. The van der Waals surface area contributed by atoms with Crippen molar-refractivity contribution in [3.8, 4) is 17.0 Å². The van der Waals surface area contributed by atoms with E-state index in [9.17, 15) is 4.39 Å². The first-order chi connectivity index (χ1) is 12.2. The lowest BCUT2D eigenvalue weighted by Gasteiger charge is -2.28. The van der Waals surface area contributed by atoms with Crippen molar-refractivity contribution in [1.82, 2.24) is 4.98 Å². The van der Waals surface area contributed by atoms with Crippen LogP contribution in [-0.2, 0) is 0 Å². The molecule has 1 heterocycles. The maximum atomic E-state index is 14.3. The molecule has 1 fully saturated rings. The highest BCUT2D eigenvalue weighted by atomic mass is 19.1. The summed E-state index contributed by atoms with van der Waals surface area (Å²) < 4.78 is 19.7. The van der Waals surface area contributed by atoms with E-state index in [0.29, 0.717) is 29.5 Å². The summed E-state index contributed by atoms with van der Waals surface area (Å²) in [5, 5.41) is 0. The Morgan fingerprint density at radius 3 is 2.48 bits per heavy atom. The standard InChI is InChI=1S/C22H28FNO/c1-3-5-16-6-8-17(9-7-16)18-10-13-22(24-15-18)20-12-11-19(25-4-2)14-21(20)23/h10-17H,3-9H2,1-2H3. The fourth-order valence-electron chi connectivity index (χ4n) is 3.96. The Bertz CT molecular complexity index is 675. The summed E-state index contributed by atoms with van der Waals surface area (Å²) in [6.07, 6.45) is 9.75. The topological polar surface area (TPSA) is 22.1 Å². The molecule has 134 valence electrons. The molecule has 1 aromatic carbocycles. The molecule has 0 aliphatic heterocycles. The summed E-state index contributed by atoms with van der Waals surface area (Å²) in [5.74, 6) is 1.79. The van der Waals surface area contributed by atoms with Crippen LogP contribution >= 0.6 is 0 Å². The summed E-state index contributed by atoms with van der Waals surface area (Å²) in [6, 6.07) is 9.06. The van der Waals surface area contributed by atoms with Crippen molar-refractivity contribution < 1.29 is 9.13 Å². The Morgan fingerprint density at radius 1 is 1.08 bits per heavy atom. The first-order valence-corrected chi connectivity index (χ1v) is 9.60. The predicted octanol–water partition coefficient (Wildman–Crippen LogP) is 6.36. The van der Waals surface area contributed by atoms with E-state index in [0.717, 1.165) is 5.92 Å². The number of benzene rings is 1. The monoisotopic (exact) mass is 341 g/mol. The van der Waals surface area contributed by atoms with Crippen LogP contribution in [0.25, 0.3) is 11.3 Å². The molecule has 1 aliphatic carbocycles. The van der Waals surface area contributed by atoms with Gasteiger partial charge in [0.15, 0.2) is 0 Å². The molecule has 1 aromatic heterocycles. The molecule has 3 heteroatoms. The first-order valence-electron chi connectivity index (χ1n) is 9.60. The van der Waals surface area contributed by atoms with E-state index in [1.165, 1.54) is 50.2 Å². The lowest BCUT2D eigenvalue weighted by atomic mass is 9.77. The first kappa shape index (κ1) is 17.9. The minimum atomic E-state index is -0.286. The van der Waals surface area contributed by atoms with Gasteiger partial charge in [0, 0.05) is 17.8 Å². The smallest absolute Gasteiger partial charge is 0.136 e. The van der Waals surface area contributed by atoms with Crippen molar-refractivity contribution in [3.05, 3.63) is 47.9 Å². The van der Waals surface area contributed by atoms with Gasteiger partial charge in [0.2, 0.25) is 0 Å². The third kappa shape index (κ3) is 4.39. The zero-order valence-corrected chi connectivity index (χ0v) is 15.3. The zero-order valence-electron chi connectivity index (χ0n) is 15.3. The molecule has 0 saturated heterocycles. The SMILES string of the molecule is CCCC1CCC(c2ccc(-c3ccc(OCC)cc3F)nc2)CC1. The Morgan fingerprint density at radius 2 is 1.88 bits per heavy atom. The molecule has 0 spiro atoms. The molecule has 1 saturated carbocycles. The van der Waals surface area contributed by atoms with Gasteiger partial charge >= 0.3 is 0 Å². The number of aromatic nitrogens is 1. The highest BCUT2D eigenvalue weighted by Gasteiger charge is 2.22. The molecule has 25 heavy (non-hydrogen) atoms. The molecular formula is C22H28FNO. The van der Waals surface area contributed by atoms with Crippen LogP contribution in [0, 0.1) is 11.7 Å². The van der Waals surface area contributed by atoms with Crippen LogP contribution in [0.4, 0.5) is 4.39 Å². The van der Waals surface area contributed by atoms with E-state index in [4.69, 9.17) is 4.74 Å². The summed E-state index contributed by atoms with van der Waals surface area (Å²) in [4.78, 5) is 4.54. The fraction of sp³-hybridized carbons (Fsp3) is 0.500. The van der Waals surface area contributed by atoms with Gasteiger partial charge in [-0.15, -0.1) is 0 Å². The number of hydrogen-bond acceptors (Lipinski definition) is 2. The summed E-state index contributed by atoms with van der Waals surface area (Å²) in [7, 11) is 0. The molecule has 3 rings (SSSR count). The second-order valence-corrected chi connectivity index (χ2v) is 7.06. The number of rotatable bonds is 6. The highest BCUT2D eigenvalue weighted by molar-refractivity contribution is 5.61. The van der Waals surface area contributed by atoms with Gasteiger partial charge in [-0.1, -0.05) is 25.8 Å². The van der Waals surface area contributed by atoms with E-state index in [1.54, 1.807) is 12.1 Å². The van der Waals surface area contributed by atoms with Gasteiger partial charge in [0.25, 0.3) is 0 Å². The number of nitrogens with zero attached hydrogens (tertiary/aromatic N) is 1. The van der Waals surface area contributed by atoms with Gasteiger partial charge in [0.1, 0.15) is 11.6 Å². The van der Waals surface area contributed by atoms with Gasteiger partial charge in [-0.3, -0.25) is 4.98 Å². The van der Waals surface area contributed by atoms with Crippen molar-refractivity contribution in [2.45, 2.75) is 58.3 Å². The summed E-state index contributed by atoms with van der Waals surface area (Å²) >= 11 is 0. The highest BCUT2D eigenvalue weighted by Crippen LogP contribution is 2.37. The molecule has 0 bridgehead atoms. The minimum Gasteiger partial charge on any atom is -0.494 e. The normalized spacial score (nSPS) is 20.4. The third-order valence-corrected chi connectivity index (χ3v) is 5.33. The van der Waals surface area contributed by atoms with Crippen molar-refractivity contribution in [2.75, 3.05) is 6.61 Å². The Hall–Kier alpha value is -1.90. The van der Waals surface area contributed by atoms with Gasteiger partial charge in [-0.2, -0.15) is 0 Å². The van der Waals surface area contributed by atoms with Crippen LogP contribution in [-0.4, -0.2) is 11.6 Å². The number of pyridine rings is 1. The van der Waals surface area contributed by atoms with Crippen molar-refractivity contribution in [3.63, 3.8) is 0 Å². The summed E-state index contributed by atoms with van der Waals surface area (Å²) in [5.41, 5.74) is 2.51. The van der Waals surface area contributed by atoms with Gasteiger partial charge in [-0.05, 0) is 68.2 Å². The van der Waals surface area contributed by atoms with E-state index in [1.807, 2.05) is 19.2 Å². The fourth-order valence-corrected chi connectivity index (χ4v) is 3.96. The average molecular weight is 341 g/mol. The molecule has 1 aliphatic rings. The molecule has 2 nitrogen and oxygen atoms in total. The van der Waals surface area contributed by atoms with Gasteiger partial charge < -0.3 is 4.74 Å². The number of halogens is 1. The number of hydrogen-bond donors (Lipinski definition) is 0. The van der Waals surface area contributed by atoms with Crippen LogP contribution in [0.3, 0.4) is 0 Å². The van der Waals surface area contributed by atoms with E-state index in [-0.39, 0.29) is 5.82 Å². The molecule has 0 radical (unpaired) electrons.